The lowest BCUT2D eigenvalue weighted by Gasteiger charge is -2.43. The van der Waals surface area contributed by atoms with Gasteiger partial charge in [-0.2, -0.15) is 5.26 Å². The number of hydrogen-bond acceptors (Lipinski definition) is 6. The number of aryl methyl sites for hydroxylation is 1. The van der Waals surface area contributed by atoms with Crippen molar-refractivity contribution in [1.29, 1.82) is 5.26 Å². The molecule has 3 aliphatic rings. The maximum atomic E-state index is 13.6. The minimum absolute atomic E-state index is 0.0397. The van der Waals surface area contributed by atoms with Gasteiger partial charge in [0.15, 0.2) is 5.58 Å². The highest BCUT2D eigenvalue weighted by atomic mass is 16.5. The van der Waals surface area contributed by atoms with E-state index in [4.69, 9.17) is 4.52 Å². The Morgan fingerprint density at radius 1 is 1.21 bits per heavy atom. The summed E-state index contributed by atoms with van der Waals surface area (Å²) in [5.41, 5.74) is 2.04. The van der Waals surface area contributed by atoms with Crippen LogP contribution in [-0.4, -0.2) is 53.1 Å². The average Bonchev–Trinajstić information content (AvgIpc) is 3.52. The van der Waals surface area contributed by atoms with E-state index in [2.05, 4.69) is 34.4 Å². The Morgan fingerprint density at radius 2 is 1.97 bits per heavy atom. The Morgan fingerprint density at radius 3 is 2.67 bits per heavy atom. The number of anilines is 1. The van der Waals surface area contributed by atoms with Crippen LogP contribution >= 0.6 is 0 Å². The van der Waals surface area contributed by atoms with Gasteiger partial charge in [0.2, 0.25) is 11.8 Å². The van der Waals surface area contributed by atoms with Gasteiger partial charge in [-0.15, -0.1) is 0 Å². The fraction of sp³-hybridized carbons (Fsp3) is 0.600. The molecule has 8 nitrogen and oxygen atoms in total. The zero-order valence-corrected chi connectivity index (χ0v) is 19.3. The van der Waals surface area contributed by atoms with Gasteiger partial charge in [0.25, 0.3) is 0 Å². The molecule has 2 aliphatic carbocycles. The molecule has 2 aromatic rings. The lowest BCUT2D eigenvalue weighted by molar-refractivity contribution is -0.145. The molecular weight excluding hydrogens is 418 g/mol. The fourth-order valence-corrected chi connectivity index (χ4v) is 5.44. The molecule has 0 radical (unpaired) electrons. The summed E-state index contributed by atoms with van der Waals surface area (Å²) in [5.74, 6) is -0.658. The van der Waals surface area contributed by atoms with E-state index in [0.717, 1.165) is 54.7 Å². The summed E-state index contributed by atoms with van der Waals surface area (Å²) >= 11 is 0. The lowest BCUT2D eigenvalue weighted by atomic mass is 9.77. The summed E-state index contributed by atoms with van der Waals surface area (Å²) in [6.07, 6.45) is 4.79. The highest BCUT2D eigenvalue weighted by Gasteiger charge is 2.48. The van der Waals surface area contributed by atoms with Gasteiger partial charge in [-0.05, 0) is 51.7 Å². The van der Waals surface area contributed by atoms with E-state index in [1.807, 2.05) is 24.0 Å². The average molecular weight is 450 g/mol. The van der Waals surface area contributed by atoms with Gasteiger partial charge >= 0.3 is 0 Å². The summed E-state index contributed by atoms with van der Waals surface area (Å²) in [6.45, 7) is 6.09. The number of piperazine rings is 1. The van der Waals surface area contributed by atoms with Crippen molar-refractivity contribution in [2.45, 2.75) is 64.0 Å². The smallest absolute Gasteiger partial charge is 0.226 e. The maximum absolute atomic E-state index is 13.6. The van der Waals surface area contributed by atoms with Crippen LogP contribution in [0.2, 0.25) is 0 Å². The van der Waals surface area contributed by atoms with E-state index < -0.39 is 5.54 Å². The van der Waals surface area contributed by atoms with Gasteiger partial charge < -0.3 is 19.6 Å². The summed E-state index contributed by atoms with van der Waals surface area (Å²) in [4.78, 5) is 30.8. The number of nitrogens with zero attached hydrogens (tertiary/aromatic N) is 4. The van der Waals surface area contributed by atoms with Crippen molar-refractivity contribution >= 4 is 28.5 Å². The molecule has 3 atom stereocenters. The van der Waals surface area contributed by atoms with E-state index in [1.54, 1.807) is 0 Å². The Kier molecular flexibility index (Phi) is 5.51. The van der Waals surface area contributed by atoms with E-state index >= 15 is 0 Å². The number of rotatable bonds is 4. The quantitative estimate of drug-likeness (QED) is 0.769. The summed E-state index contributed by atoms with van der Waals surface area (Å²) in [7, 11) is 0. The molecule has 2 saturated carbocycles. The minimum Gasteiger partial charge on any atom is -0.368 e. The molecule has 1 aromatic carbocycles. The van der Waals surface area contributed by atoms with Crippen LogP contribution in [0.3, 0.4) is 0 Å². The van der Waals surface area contributed by atoms with Crippen LogP contribution in [0.4, 0.5) is 5.69 Å². The third-order valence-corrected chi connectivity index (χ3v) is 7.66. The van der Waals surface area contributed by atoms with E-state index in [0.29, 0.717) is 25.8 Å². The Hall–Kier alpha value is -3.08. The number of benzene rings is 1. The van der Waals surface area contributed by atoms with Gasteiger partial charge in [-0.25, -0.2) is 0 Å². The zero-order chi connectivity index (χ0) is 23.2. The molecule has 2 heterocycles. The molecule has 174 valence electrons. The molecule has 1 aliphatic heterocycles. The Labute approximate surface area is 193 Å². The van der Waals surface area contributed by atoms with E-state index in [1.165, 1.54) is 0 Å². The molecule has 0 unspecified atom stereocenters. The number of fused-ring (bicyclic) bond motifs is 1. The van der Waals surface area contributed by atoms with Crippen molar-refractivity contribution in [3.8, 4) is 6.07 Å². The van der Waals surface area contributed by atoms with Crippen molar-refractivity contribution in [2.24, 2.45) is 11.8 Å². The predicted octanol–water partition coefficient (Wildman–Crippen LogP) is 3.15. The minimum atomic E-state index is -0.690. The second kappa shape index (κ2) is 8.36. The number of amides is 2. The normalized spacial score (nSPS) is 26.6. The topological polar surface area (TPSA) is 102 Å². The largest absolute Gasteiger partial charge is 0.368 e. The molecule has 1 aromatic heterocycles. The molecule has 0 bridgehead atoms. The second-order valence-corrected chi connectivity index (χ2v) is 9.96. The van der Waals surface area contributed by atoms with Gasteiger partial charge in [-0.1, -0.05) is 18.0 Å². The molecule has 2 amide bonds. The molecule has 8 heteroatoms. The van der Waals surface area contributed by atoms with Crippen molar-refractivity contribution in [3.63, 3.8) is 0 Å². The van der Waals surface area contributed by atoms with Gasteiger partial charge in [0, 0.05) is 54.7 Å². The van der Waals surface area contributed by atoms with Crippen LogP contribution in [0.1, 0.15) is 51.1 Å². The SMILES string of the molecule is Cc1noc2cc(N3CCN(C(=O)[C@@H]4CCCC[C@H]4C(=O)NC4(C#N)CC4)[C@H](C)C3)ccc12. The van der Waals surface area contributed by atoms with Crippen LogP contribution in [-0.2, 0) is 9.59 Å². The van der Waals surface area contributed by atoms with Gasteiger partial charge in [0.1, 0.15) is 5.54 Å². The molecule has 5 rings (SSSR count). The zero-order valence-electron chi connectivity index (χ0n) is 19.3. The maximum Gasteiger partial charge on any atom is 0.226 e. The summed E-state index contributed by atoms with van der Waals surface area (Å²) < 4.78 is 5.43. The van der Waals surface area contributed by atoms with Crippen molar-refractivity contribution < 1.29 is 14.1 Å². The molecule has 33 heavy (non-hydrogen) atoms. The number of hydrogen-bond donors (Lipinski definition) is 1. The number of carbonyl (C=O) groups excluding carboxylic acids is 2. The van der Waals surface area contributed by atoms with Crippen LogP contribution in [0.5, 0.6) is 0 Å². The van der Waals surface area contributed by atoms with Gasteiger partial charge in [0.05, 0.1) is 11.8 Å². The molecule has 3 fully saturated rings. The van der Waals surface area contributed by atoms with Crippen molar-refractivity contribution in [2.75, 3.05) is 24.5 Å². The van der Waals surface area contributed by atoms with Gasteiger partial charge in [-0.3, -0.25) is 9.59 Å². The van der Waals surface area contributed by atoms with Crippen LogP contribution < -0.4 is 10.2 Å². The lowest BCUT2D eigenvalue weighted by Crippen LogP contribution is -2.57. The van der Waals surface area contributed by atoms with E-state index in [9.17, 15) is 14.9 Å². The molecular formula is C25H31N5O3. The first-order valence-corrected chi connectivity index (χ1v) is 12.1. The number of nitrogens with one attached hydrogen (secondary N) is 1. The third kappa shape index (κ3) is 4.05. The van der Waals surface area contributed by atoms with Crippen LogP contribution in [0.15, 0.2) is 22.7 Å². The third-order valence-electron chi connectivity index (χ3n) is 7.66. The first kappa shape index (κ1) is 21.7. The second-order valence-electron chi connectivity index (χ2n) is 9.96. The monoisotopic (exact) mass is 449 g/mol. The molecule has 0 spiro atoms. The predicted molar refractivity (Wildman–Crippen MR) is 123 cm³/mol. The molecule has 1 N–H and O–H groups in total. The van der Waals surface area contributed by atoms with Crippen LogP contribution in [0, 0.1) is 30.1 Å². The summed E-state index contributed by atoms with van der Waals surface area (Å²) in [5, 5.41) is 17.3. The number of aromatic nitrogens is 1. The Balaban J connectivity index is 1.26. The first-order valence-electron chi connectivity index (χ1n) is 12.1. The standard InChI is InChI=1S/C25H31N5O3/c1-16-14-29(18-7-8-19-17(2)28-33-22(19)13-18)11-12-30(16)24(32)21-6-4-3-5-20(21)23(31)27-25(15-26)9-10-25/h7-8,13,16,20-21H,3-6,9-12,14H2,1-2H3,(H,27,31)/t16-,20-,21-/m1/s1. The number of carbonyl (C=O) groups is 2. The summed E-state index contributed by atoms with van der Waals surface area (Å²) in [6, 6.07) is 8.41. The van der Waals surface area contributed by atoms with Crippen LogP contribution in [0.25, 0.3) is 11.0 Å². The van der Waals surface area contributed by atoms with Crippen molar-refractivity contribution in [1.82, 2.24) is 15.4 Å². The fourth-order valence-electron chi connectivity index (χ4n) is 5.44. The van der Waals surface area contributed by atoms with E-state index in [-0.39, 0.29) is 29.7 Å². The first-order chi connectivity index (χ1) is 15.9. The highest BCUT2D eigenvalue weighted by Crippen LogP contribution is 2.38. The Bertz CT molecular complexity index is 1110. The number of nitriles is 1. The highest BCUT2D eigenvalue weighted by molar-refractivity contribution is 5.89. The molecule has 1 saturated heterocycles. The van der Waals surface area contributed by atoms with Crippen molar-refractivity contribution in [3.05, 3.63) is 23.9 Å².